The van der Waals surface area contributed by atoms with Gasteiger partial charge in [0.05, 0.1) is 19.3 Å². The van der Waals surface area contributed by atoms with Crippen LogP contribution in [0.4, 0.5) is 0 Å². The summed E-state index contributed by atoms with van der Waals surface area (Å²) in [7, 11) is 0. The first-order chi connectivity index (χ1) is 13.5. The van der Waals surface area contributed by atoms with E-state index in [1.807, 2.05) is 6.07 Å². The first-order valence-electron chi connectivity index (χ1n) is 8.67. The van der Waals surface area contributed by atoms with Crippen LogP contribution in [0.15, 0.2) is 58.4 Å². The van der Waals surface area contributed by atoms with E-state index in [0.717, 1.165) is 0 Å². The van der Waals surface area contributed by atoms with E-state index in [-0.39, 0.29) is 30.0 Å². The van der Waals surface area contributed by atoms with Crippen LogP contribution >= 0.6 is 0 Å². The highest BCUT2D eigenvalue weighted by Gasteiger charge is 2.18. The number of hydrogen-bond donors (Lipinski definition) is 1. The number of esters is 1. The SMILES string of the molecule is CCOC(=O)c1cn(Cc2nc(C)cc(=O)[nH]2)cc(Oc2ccccc2)c1=O. The molecule has 144 valence electrons. The fourth-order valence-corrected chi connectivity index (χ4v) is 2.63. The molecule has 0 amide bonds. The van der Waals surface area contributed by atoms with Crippen molar-refractivity contribution in [3.05, 3.63) is 86.5 Å². The van der Waals surface area contributed by atoms with E-state index in [9.17, 15) is 14.4 Å². The first-order valence-corrected chi connectivity index (χ1v) is 8.67. The molecule has 0 saturated heterocycles. The molecule has 1 N–H and O–H groups in total. The molecule has 0 saturated carbocycles. The molecule has 0 spiro atoms. The molecule has 0 unspecified atom stereocenters. The molecule has 8 heteroatoms. The molecule has 0 radical (unpaired) electrons. The number of rotatable bonds is 6. The molecule has 0 bridgehead atoms. The number of para-hydroxylation sites is 1. The Morgan fingerprint density at radius 3 is 2.61 bits per heavy atom. The summed E-state index contributed by atoms with van der Waals surface area (Å²) in [6, 6.07) is 10.1. The number of aromatic nitrogens is 3. The molecule has 1 aromatic carbocycles. The second-order valence-corrected chi connectivity index (χ2v) is 6.01. The third-order valence-electron chi connectivity index (χ3n) is 3.76. The van der Waals surface area contributed by atoms with Gasteiger partial charge in [-0.3, -0.25) is 9.59 Å². The van der Waals surface area contributed by atoms with E-state index in [1.165, 1.54) is 18.5 Å². The van der Waals surface area contributed by atoms with Gasteiger partial charge >= 0.3 is 5.97 Å². The number of carbonyl (C=O) groups is 1. The summed E-state index contributed by atoms with van der Waals surface area (Å²) in [5.41, 5.74) is -0.462. The highest BCUT2D eigenvalue weighted by molar-refractivity contribution is 5.89. The van der Waals surface area contributed by atoms with E-state index in [4.69, 9.17) is 9.47 Å². The van der Waals surface area contributed by atoms with Gasteiger partial charge in [0.15, 0.2) is 5.75 Å². The van der Waals surface area contributed by atoms with Crippen LogP contribution in [0.3, 0.4) is 0 Å². The maximum Gasteiger partial charge on any atom is 0.343 e. The van der Waals surface area contributed by atoms with E-state index < -0.39 is 11.4 Å². The van der Waals surface area contributed by atoms with E-state index in [0.29, 0.717) is 17.3 Å². The lowest BCUT2D eigenvalue weighted by Crippen LogP contribution is -2.22. The zero-order chi connectivity index (χ0) is 20.1. The van der Waals surface area contributed by atoms with Crippen LogP contribution in [0.1, 0.15) is 28.8 Å². The van der Waals surface area contributed by atoms with Gasteiger partial charge in [-0.25, -0.2) is 9.78 Å². The molecule has 2 aromatic heterocycles. The number of nitrogens with zero attached hydrogens (tertiary/aromatic N) is 2. The number of H-pyrrole nitrogens is 1. The minimum atomic E-state index is -0.745. The third kappa shape index (κ3) is 4.53. The van der Waals surface area contributed by atoms with Gasteiger partial charge in [0.1, 0.15) is 17.1 Å². The van der Waals surface area contributed by atoms with Crippen molar-refractivity contribution in [2.75, 3.05) is 6.61 Å². The minimum absolute atomic E-state index is 0.0354. The van der Waals surface area contributed by atoms with Gasteiger partial charge in [-0.1, -0.05) is 18.2 Å². The smallest absolute Gasteiger partial charge is 0.343 e. The van der Waals surface area contributed by atoms with Gasteiger partial charge in [0.2, 0.25) is 5.43 Å². The maximum absolute atomic E-state index is 12.7. The Morgan fingerprint density at radius 1 is 1.18 bits per heavy atom. The number of pyridine rings is 1. The van der Waals surface area contributed by atoms with Crippen LogP contribution in [-0.2, 0) is 11.3 Å². The Balaban J connectivity index is 2.04. The molecule has 3 aromatic rings. The number of nitrogens with one attached hydrogen (secondary N) is 1. The fourth-order valence-electron chi connectivity index (χ4n) is 2.63. The highest BCUT2D eigenvalue weighted by atomic mass is 16.5. The third-order valence-corrected chi connectivity index (χ3v) is 3.76. The molecular formula is C20H19N3O5. The van der Waals surface area contributed by atoms with Crippen LogP contribution in [0.5, 0.6) is 11.5 Å². The standard InChI is InChI=1S/C20H19N3O5/c1-3-27-20(26)15-10-23(12-17-21-13(2)9-18(24)22-17)11-16(19(15)25)28-14-7-5-4-6-8-14/h4-11H,3,12H2,1-2H3,(H,21,22,24). The van der Waals surface area contributed by atoms with E-state index >= 15 is 0 Å². The molecule has 0 atom stereocenters. The summed E-state index contributed by atoms with van der Waals surface area (Å²) in [6.45, 7) is 3.63. The van der Waals surface area contributed by atoms with Gasteiger partial charge in [-0.15, -0.1) is 0 Å². The summed E-state index contributed by atoms with van der Waals surface area (Å²) < 4.78 is 12.2. The fraction of sp³-hybridized carbons (Fsp3) is 0.200. The van der Waals surface area contributed by atoms with Gasteiger partial charge in [-0.2, -0.15) is 0 Å². The number of aromatic amines is 1. The topological polar surface area (TPSA) is 103 Å². The van der Waals surface area contributed by atoms with Crippen LogP contribution < -0.4 is 15.7 Å². The largest absolute Gasteiger partial charge is 0.462 e. The predicted molar refractivity (Wildman–Crippen MR) is 102 cm³/mol. The average molecular weight is 381 g/mol. The van der Waals surface area contributed by atoms with Gasteiger partial charge in [0.25, 0.3) is 5.56 Å². The lowest BCUT2D eigenvalue weighted by atomic mass is 10.2. The van der Waals surface area contributed by atoms with E-state index in [1.54, 1.807) is 42.7 Å². The number of hydrogen-bond acceptors (Lipinski definition) is 6. The molecule has 3 rings (SSSR count). The predicted octanol–water partition coefficient (Wildman–Crippen LogP) is 2.26. The maximum atomic E-state index is 12.7. The Kier molecular flexibility index (Phi) is 5.69. The second-order valence-electron chi connectivity index (χ2n) is 6.01. The quantitative estimate of drug-likeness (QED) is 0.657. The first kappa shape index (κ1) is 19.1. The molecular weight excluding hydrogens is 362 g/mol. The average Bonchev–Trinajstić information content (AvgIpc) is 2.64. The van der Waals surface area contributed by atoms with Gasteiger partial charge in [-0.05, 0) is 26.0 Å². The minimum Gasteiger partial charge on any atom is -0.462 e. The Bertz CT molecular complexity index is 1100. The van der Waals surface area contributed by atoms with Crippen LogP contribution in [-0.4, -0.2) is 27.1 Å². The van der Waals surface area contributed by atoms with Crippen LogP contribution in [0.2, 0.25) is 0 Å². The zero-order valence-electron chi connectivity index (χ0n) is 15.5. The highest BCUT2D eigenvalue weighted by Crippen LogP contribution is 2.18. The van der Waals surface area contributed by atoms with Gasteiger partial charge < -0.3 is 19.0 Å². The summed E-state index contributed by atoms with van der Waals surface area (Å²) in [5.74, 6) is 0.0561. The molecule has 8 nitrogen and oxygen atoms in total. The Morgan fingerprint density at radius 2 is 1.93 bits per heavy atom. The normalized spacial score (nSPS) is 10.5. The second kappa shape index (κ2) is 8.34. The van der Waals surface area contributed by atoms with Crippen molar-refractivity contribution in [2.45, 2.75) is 20.4 Å². The molecule has 0 aliphatic rings. The van der Waals surface area contributed by atoms with Crippen LogP contribution in [0, 0.1) is 6.92 Å². The molecule has 0 aliphatic carbocycles. The number of benzene rings is 1. The van der Waals surface area contributed by atoms with Crippen LogP contribution in [0.25, 0.3) is 0 Å². The van der Waals surface area contributed by atoms with Crippen molar-refractivity contribution in [1.82, 2.24) is 14.5 Å². The molecule has 0 aliphatic heterocycles. The van der Waals surface area contributed by atoms with Crippen molar-refractivity contribution >= 4 is 5.97 Å². The molecule has 28 heavy (non-hydrogen) atoms. The van der Waals surface area contributed by atoms with Gasteiger partial charge in [0, 0.05) is 18.0 Å². The summed E-state index contributed by atoms with van der Waals surface area (Å²) in [5, 5.41) is 0. The summed E-state index contributed by atoms with van der Waals surface area (Å²) in [4.78, 5) is 43.5. The summed E-state index contributed by atoms with van der Waals surface area (Å²) >= 11 is 0. The number of aryl methyl sites for hydroxylation is 1. The van der Waals surface area contributed by atoms with Crippen molar-refractivity contribution in [3.63, 3.8) is 0 Å². The van der Waals surface area contributed by atoms with Crippen molar-refractivity contribution < 1.29 is 14.3 Å². The molecule has 2 heterocycles. The monoisotopic (exact) mass is 381 g/mol. The van der Waals surface area contributed by atoms with E-state index in [2.05, 4.69) is 9.97 Å². The lowest BCUT2D eigenvalue weighted by molar-refractivity contribution is 0.0523. The summed E-state index contributed by atoms with van der Waals surface area (Å²) in [6.07, 6.45) is 2.82. The Hall–Kier alpha value is -3.68. The number of carbonyl (C=O) groups excluding carboxylic acids is 1. The van der Waals surface area contributed by atoms with Crippen molar-refractivity contribution in [1.29, 1.82) is 0 Å². The van der Waals surface area contributed by atoms with Crippen molar-refractivity contribution in [3.8, 4) is 11.5 Å². The number of ether oxygens (including phenoxy) is 2. The van der Waals surface area contributed by atoms with Crippen molar-refractivity contribution in [2.24, 2.45) is 0 Å². The Labute approximate surface area is 160 Å². The lowest BCUT2D eigenvalue weighted by Gasteiger charge is -2.12. The molecule has 0 fully saturated rings. The zero-order valence-corrected chi connectivity index (χ0v) is 15.5.